The number of nitrogens with zero attached hydrogens (tertiary/aromatic N) is 2. The van der Waals surface area contributed by atoms with Gasteiger partial charge >= 0.3 is 0 Å². The summed E-state index contributed by atoms with van der Waals surface area (Å²) in [6.07, 6.45) is 1.53. The summed E-state index contributed by atoms with van der Waals surface area (Å²) in [4.78, 5) is 30.4. The lowest BCUT2D eigenvalue weighted by Crippen LogP contribution is -2.31. The molecule has 2 aromatic carbocycles. The number of amides is 1. The van der Waals surface area contributed by atoms with Crippen molar-refractivity contribution in [2.75, 3.05) is 0 Å². The molecule has 2 aromatic heterocycles. The number of thioether (sulfide) groups is 1. The Labute approximate surface area is 186 Å². The number of carbonyl (C=O) groups excluding carboxylic acids is 1. The van der Waals surface area contributed by atoms with Gasteiger partial charge in [-0.05, 0) is 49.4 Å². The molecule has 31 heavy (non-hydrogen) atoms. The van der Waals surface area contributed by atoms with E-state index in [-0.39, 0.29) is 23.0 Å². The Morgan fingerprint density at radius 3 is 2.81 bits per heavy atom. The highest BCUT2D eigenvalue weighted by atomic mass is 35.5. The second-order valence-electron chi connectivity index (χ2n) is 6.71. The van der Waals surface area contributed by atoms with Gasteiger partial charge in [-0.25, -0.2) is 9.37 Å². The van der Waals surface area contributed by atoms with Crippen LogP contribution in [0.15, 0.2) is 75.2 Å². The first-order valence-corrected chi connectivity index (χ1v) is 10.6. The number of aromatic nitrogens is 2. The Morgan fingerprint density at radius 2 is 2.06 bits per heavy atom. The molecule has 9 heteroatoms. The van der Waals surface area contributed by atoms with Crippen molar-refractivity contribution in [1.82, 2.24) is 14.9 Å². The van der Waals surface area contributed by atoms with Gasteiger partial charge in [0, 0.05) is 0 Å². The molecule has 1 N–H and O–H groups in total. The molecular weight excluding hydrogens is 441 g/mol. The lowest BCUT2D eigenvalue weighted by atomic mass is 10.2. The Bertz CT molecular complexity index is 1310. The minimum atomic E-state index is -0.591. The SMILES string of the molecule is C[C@H](Sc1nc2ccccc2c(=O)n1-c1ccc(F)c(Cl)c1)C(=O)NCc1ccco1. The molecular formula is C22H17ClFN3O3S. The van der Waals surface area contributed by atoms with Crippen LogP contribution in [-0.4, -0.2) is 20.7 Å². The van der Waals surface area contributed by atoms with Crippen molar-refractivity contribution in [3.8, 4) is 5.69 Å². The standard InChI is InChI=1S/C22H17ClFN3O3S/c1-13(20(28)25-12-15-5-4-10-30-15)31-22-26-19-7-3-2-6-16(19)21(29)27(22)14-8-9-18(24)17(23)11-14/h2-11,13H,12H2,1H3,(H,25,28)/t13-/m0/s1. The first-order valence-electron chi connectivity index (χ1n) is 9.38. The van der Waals surface area contributed by atoms with Crippen LogP contribution >= 0.6 is 23.4 Å². The number of carbonyl (C=O) groups is 1. The normalized spacial score (nSPS) is 12.1. The number of hydrogen-bond acceptors (Lipinski definition) is 5. The van der Waals surface area contributed by atoms with Crippen LogP contribution < -0.4 is 10.9 Å². The summed E-state index contributed by atoms with van der Waals surface area (Å²) in [6, 6.07) is 14.4. The highest BCUT2D eigenvalue weighted by molar-refractivity contribution is 8.00. The number of fused-ring (bicyclic) bond motifs is 1. The zero-order valence-electron chi connectivity index (χ0n) is 16.3. The number of benzene rings is 2. The number of hydrogen-bond donors (Lipinski definition) is 1. The number of nitrogens with one attached hydrogen (secondary N) is 1. The molecule has 0 aliphatic heterocycles. The van der Waals surface area contributed by atoms with E-state index in [0.717, 1.165) is 11.8 Å². The topological polar surface area (TPSA) is 77.1 Å². The van der Waals surface area contributed by atoms with Crippen LogP contribution in [0.5, 0.6) is 0 Å². The van der Waals surface area contributed by atoms with Crippen LogP contribution in [0.1, 0.15) is 12.7 Å². The van der Waals surface area contributed by atoms with Gasteiger partial charge in [0.2, 0.25) is 5.91 Å². The van der Waals surface area contributed by atoms with Gasteiger partial charge in [0.25, 0.3) is 5.56 Å². The molecule has 0 aliphatic carbocycles. The summed E-state index contributed by atoms with van der Waals surface area (Å²) in [5, 5.41) is 2.82. The van der Waals surface area contributed by atoms with Gasteiger partial charge in [-0.15, -0.1) is 0 Å². The van der Waals surface area contributed by atoms with Crippen molar-refractivity contribution in [1.29, 1.82) is 0 Å². The Kier molecular flexibility index (Phi) is 6.11. The highest BCUT2D eigenvalue weighted by Crippen LogP contribution is 2.27. The maximum Gasteiger partial charge on any atom is 0.266 e. The fourth-order valence-electron chi connectivity index (χ4n) is 2.99. The Hall–Kier alpha value is -3.10. The van der Waals surface area contributed by atoms with Crippen molar-refractivity contribution in [2.45, 2.75) is 23.9 Å². The second-order valence-corrected chi connectivity index (χ2v) is 8.42. The minimum absolute atomic E-state index is 0.113. The van der Waals surface area contributed by atoms with Crippen LogP contribution in [0.4, 0.5) is 4.39 Å². The maximum atomic E-state index is 13.7. The summed E-state index contributed by atoms with van der Waals surface area (Å²) >= 11 is 7.06. The molecule has 4 rings (SSSR count). The van der Waals surface area contributed by atoms with Crippen molar-refractivity contribution >= 4 is 40.2 Å². The number of furan rings is 1. The third-order valence-corrected chi connectivity index (χ3v) is 5.92. The maximum absolute atomic E-state index is 13.7. The summed E-state index contributed by atoms with van der Waals surface area (Å²) in [5.74, 6) is -0.202. The quantitative estimate of drug-likeness (QED) is 0.339. The molecule has 0 unspecified atom stereocenters. The monoisotopic (exact) mass is 457 g/mol. The predicted molar refractivity (Wildman–Crippen MR) is 118 cm³/mol. The van der Waals surface area contributed by atoms with E-state index in [1.54, 1.807) is 43.3 Å². The first kappa shape index (κ1) is 21.1. The van der Waals surface area contributed by atoms with Gasteiger partial charge < -0.3 is 9.73 Å². The lowest BCUT2D eigenvalue weighted by Gasteiger charge is -2.16. The van der Waals surface area contributed by atoms with Crippen LogP contribution in [-0.2, 0) is 11.3 Å². The second kappa shape index (κ2) is 8.95. The molecule has 1 atom stereocenters. The third kappa shape index (κ3) is 4.50. The average molecular weight is 458 g/mol. The molecule has 0 bridgehead atoms. The summed E-state index contributed by atoms with van der Waals surface area (Å²) in [5.41, 5.74) is 0.530. The van der Waals surface area contributed by atoms with Crippen molar-refractivity contribution in [2.24, 2.45) is 0 Å². The summed E-state index contributed by atoms with van der Waals surface area (Å²) in [7, 11) is 0. The summed E-state index contributed by atoms with van der Waals surface area (Å²) < 4.78 is 20.2. The van der Waals surface area contributed by atoms with E-state index in [2.05, 4.69) is 10.3 Å². The zero-order valence-corrected chi connectivity index (χ0v) is 17.9. The fourth-order valence-corrected chi connectivity index (χ4v) is 4.11. The predicted octanol–water partition coefficient (Wildman–Crippen LogP) is 4.57. The number of halogens is 2. The van der Waals surface area contributed by atoms with Crippen LogP contribution in [0.2, 0.25) is 5.02 Å². The number of para-hydroxylation sites is 1. The van der Waals surface area contributed by atoms with E-state index in [1.807, 2.05) is 0 Å². The van der Waals surface area contributed by atoms with E-state index in [9.17, 15) is 14.0 Å². The molecule has 1 amide bonds. The zero-order chi connectivity index (χ0) is 22.0. The van der Waals surface area contributed by atoms with Crippen LogP contribution in [0, 0.1) is 5.82 Å². The van der Waals surface area contributed by atoms with Crippen molar-refractivity contribution < 1.29 is 13.6 Å². The summed E-state index contributed by atoms with van der Waals surface area (Å²) in [6.45, 7) is 1.97. The molecule has 0 saturated heterocycles. The molecule has 0 saturated carbocycles. The van der Waals surface area contributed by atoms with E-state index in [1.165, 1.54) is 29.0 Å². The van der Waals surface area contributed by atoms with Gasteiger partial charge in [0.1, 0.15) is 11.6 Å². The third-order valence-electron chi connectivity index (χ3n) is 4.57. The van der Waals surface area contributed by atoms with E-state index >= 15 is 0 Å². The smallest absolute Gasteiger partial charge is 0.266 e. The first-order chi connectivity index (χ1) is 14.9. The number of rotatable bonds is 6. The lowest BCUT2D eigenvalue weighted by molar-refractivity contribution is -0.120. The fraction of sp³-hybridized carbons (Fsp3) is 0.136. The average Bonchev–Trinajstić information content (AvgIpc) is 3.28. The highest BCUT2D eigenvalue weighted by Gasteiger charge is 2.21. The molecule has 0 radical (unpaired) electrons. The van der Waals surface area contributed by atoms with Crippen LogP contribution in [0.25, 0.3) is 16.6 Å². The molecule has 6 nitrogen and oxygen atoms in total. The molecule has 158 valence electrons. The van der Waals surface area contributed by atoms with Crippen molar-refractivity contribution in [3.05, 3.63) is 87.8 Å². The molecule has 2 heterocycles. The molecule has 4 aromatic rings. The minimum Gasteiger partial charge on any atom is -0.467 e. The van der Waals surface area contributed by atoms with Gasteiger partial charge in [-0.3, -0.25) is 14.2 Å². The van der Waals surface area contributed by atoms with E-state index in [4.69, 9.17) is 16.0 Å². The van der Waals surface area contributed by atoms with Gasteiger partial charge in [-0.1, -0.05) is 35.5 Å². The molecule has 0 fully saturated rings. The largest absolute Gasteiger partial charge is 0.467 e. The van der Waals surface area contributed by atoms with Gasteiger partial charge in [-0.2, -0.15) is 0 Å². The van der Waals surface area contributed by atoms with E-state index < -0.39 is 11.1 Å². The van der Waals surface area contributed by atoms with E-state index in [0.29, 0.717) is 27.5 Å². The Balaban J connectivity index is 1.70. The van der Waals surface area contributed by atoms with Gasteiger partial charge in [0.15, 0.2) is 5.16 Å². The van der Waals surface area contributed by atoms with Gasteiger partial charge in [0.05, 0.1) is 39.7 Å². The van der Waals surface area contributed by atoms with Crippen molar-refractivity contribution in [3.63, 3.8) is 0 Å². The molecule has 0 spiro atoms. The molecule has 0 aliphatic rings. The Morgan fingerprint density at radius 1 is 1.26 bits per heavy atom. The van der Waals surface area contributed by atoms with Crippen LogP contribution in [0.3, 0.4) is 0 Å².